The van der Waals surface area contributed by atoms with E-state index in [2.05, 4.69) is 42.2 Å². The van der Waals surface area contributed by atoms with Gasteiger partial charge in [0.2, 0.25) is 0 Å². The normalized spacial score (nSPS) is 31.6. The van der Waals surface area contributed by atoms with Crippen LogP contribution in [0.3, 0.4) is 0 Å². The minimum atomic E-state index is -0.472. The molecular formula is C14H20N2O. The second-order valence-electron chi connectivity index (χ2n) is 4.91. The summed E-state index contributed by atoms with van der Waals surface area (Å²) in [7, 11) is 0. The van der Waals surface area contributed by atoms with Gasteiger partial charge in [-0.2, -0.15) is 0 Å². The zero-order chi connectivity index (χ0) is 12.6. The zero-order valence-corrected chi connectivity index (χ0v) is 10.9. The van der Waals surface area contributed by atoms with Crippen LogP contribution in [0.5, 0.6) is 0 Å². The van der Waals surface area contributed by atoms with Crippen LogP contribution in [-0.4, -0.2) is 14.7 Å². The molecule has 0 fully saturated rings. The monoisotopic (exact) mass is 232 g/mol. The third kappa shape index (κ3) is 1.87. The lowest BCUT2D eigenvalue weighted by Gasteiger charge is -2.38. The smallest absolute Gasteiger partial charge is 0.139 e. The molecule has 1 aromatic heterocycles. The molecule has 2 rings (SSSR count). The molecule has 2 heterocycles. The Bertz CT molecular complexity index is 466. The summed E-state index contributed by atoms with van der Waals surface area (Å²) in [4.78, 5) is 4.44. The Morgan fingerprint density at radius 3 is 2.71 bits per heavy atom. The van der Waals surface area contributed by atoms with E-state index < -0.39 is 6.10 Å². The van der Waals surface area contributed by atoms with Gasteiger partial charge in [0, 0.05) is 12.2 Å². The van der Waals surface area contributed by atoms with Crippen LogP contribution in [0, 0.1) is 23.7 Å². The Labute approximate surface area is 103 Å². The Morgan fingerprint density at radius 2 is 2.12 bits per heavy atom. The number of imidazole rings is 1. The van der Waals surface area contributed by atoms with Gasteiger partial charge in [0.25, 0.3) is 0 Å². The molecule has 92 valence electrons. The Morgan fingerprint density at radius 1 is 1.41 bits per heavy atom. The number of aromatic nitrogens is 2. The summed E-state index contributed by atoms with van der Waals surface area (Å²) in [5.74, 6) is 7.31. The van der Waals surface area contributed by atoms with Crippen LogP contribution in [0.25, 0.3) is 0 Å². The van der Waals surface area contributed by atoms with Crippen molar-refractivity contribution >= 4 is 0 Å². The minimum absolute atomic E-state index is 0.247. The van der Waals surface area contributed by atoms with Gasteiger partial charge in [-0.05, 0) is 31.1 Å². The van der Waals surface area contributed by atoms with Gasteiger partial charge < -0.3 is 9.67 Å². The predicted octanol–water partition coefficient (Wildman–Crippen LogP) is 2.52. The Hall–Kier alpha value is -1.27. The first-order chi connectivity index (χ1) is 8.10. The number of rotatable bonds is 1. The summed E-state index contributed by atoms with van der Waals surface area (Å²) < 4.78 is 2.12. The van der Waals surface area contributed by atoms with E-state index in [1.165, 1.54) is 0 Å². The van der Waals surface area contributed by atoms with Crippen molar-refractivity contribution in [2.75, 3.05) is 0 Å². The fourth-order valence-corrected chi connectivity index (χ4v) is 2.78. The molecule has 3 nitrogen and oxygen atoms in total. The predicted molar refractivity (Wildman–Crippen MR) is 67.4 cm³/mol. The van der Waals surface area contributed by atoms with Crippen LogP contribution >= 0.6 is 0 Å². The second-order valence-corrected chi connectivity index (χ2v) is 4.91. The van der Waals surface area contributed by atoms with E-state index in [0.29, 0.717) is 12.0 Å². The minimum Gasteiger partial charge on any atom is -0.385 e. The van der Waals surface area contributed by atoms with Crippen LogP contribution in [-0.2, 0) is 0 Å². The van der Waals surface area contributed by atoms with E-state index in [1.807, 2.05) is 6.20 Å². The van der Waals surface area contributed by atoms with Crippen LogP contribution < -0.4 is 0 Å². The molecule has 0 aromatic carbocycles. The lowest BCUT2D eigenvalue weighted by Crippen LogP contribution is -2.34. The number of aliphatic hydroxyl groups is 1. The maximum atomic E-state index is 10.3. The van der Waals surface area contributed by atoms with E-state index in [0.717, 1.165) is 17.9 Å². The Balaban J connectivity index is 2.50. The summed E-state index contributed by atoms with van der Waals surface area (Å²) >= 11 is 0. The molecule has 0 aliphatic carbocycles. The lowest BCUT2D eigenvalue weighted by molar-refractivity contribution is 0.0300. The number of nitrogens with zero attached hydrogens (tertiary/aromatic N) is 2. The molecule has 17 heavy (non-hydrogen) atoms. The molecule has 2 unspecified atom stereocenters. The van der Waals surface area contributed by atoms with Crippen molar-refractivity contribution in [3.05, 3.63) is 17.7 Å². The van der Waals surface area contributed by atoms with Crippen LogP contribution in [0.15, 0.2) is 6.20 Å². The molecular weight excluding hydrogens is 212 g/mol. The highest BCUT2D eigenvalue weighted by molar-refractivity contribution is 5.28. The molecule has 0 bridgehead atoms. The number of aliphatic hydroxyl groups excluding tert-OH is 1. The number of hydrogen-bond acceptors (Lipinski definition) is 2. The van der Waals surface area contributed by atoms with E-state index in [9.17, 15) is 5.11 Å². The molecule has 1 N–H and O–H groups in total. The van der Waals surface area contributed by atoms with Gasteiger partial charge in [0.1, 0.15) is 17.6 Å². The molecule has 3 heteroatoms. The van der Waals surface area contributed by atoms with E-state index in [1.54, 1.807) is 6.92 Å². The van der Waals surface area contributed by atoms with Gasteiger partial charge in [-0.3, -0.25) is 0 Å². The molecule has 0 spiro atoms. The Kier molecular flexibility index (Phi) is 3.26. The van der Waals surface area contributed by atoms with Crippen LogP contribution in [0.2, 0.25) is 0 Å². The van der Waals surface area contributed by atoms with Crippen LogP contribution in [0.4, 0.5) is 0 Å². The number of hydrogen-bond donors (Lipinski definition) is 1. The summed E-state index contributed by atoms with van der Waals surface area (Å²) in [6, 6.07) is 0.420. The fourth-order valence-electron chi connectivity index (χ4n) is 2.78. The zero-order valence-electron chi connectivity index (χ0n) is 10.9. The summed E-state index contributed by atoms with van der Waals surface area (Å²) in [6.45, 7) is 8.29. The van der Waals surface area contributed by atoms with Crippen molar-refractivity contribution in [1.29, 1.82) is 0 Å². The van der Waals surface area contributed by atoms with Crippen molar-refractivity contribution in [2.45, 2.75) is 46.3 Å². The van der Waals surface area contributed by atoms with Crippen molar-refractivity contribution in [3.8, 4) is 11.8 Å². The average molecular weight is 232 g/mol. The van der Waals surface area contributed by atoms with Crippen molar-refractivity contribution in [1.82, 2.24) is 9.55 Å². The summed E-state index contributed by atoms with van der Waals surface area (Å²) in [5, 5.41) is 10.3. The third-order valence-electron chi connectivity index (χ3n) is 3.99. The molecule has 0 radical (unpaired) electrons. The van der Waals surface area contributed by atoms with E-state index >= 15 is 0 Å². The molecule has 1 aliphatic heterocycles. The molecule has 0 saturated heterocycles. The molecule has 0 saturated carbocycles. The molecule has 1 aromatic rings. The maximum Gasteiger partial charge on any atom is 0.139 e. The van der Waals surface area contributed by atoms with Crippen LogP contribution in [0.1, 0.15) is 57.8 Å². The first kappa shape index (κ1) is 12.2. The highest BCUT2D eigenvalue weighted by atomic mass is 16.3. The third-order valence-corrected chi connectivity index (χ3v) is 3.99. The van der Waals surface area contributed by atoms with Crippen molar-refractivity contribution < 1.29 is 5.11 Å². The average Bonchev–Trinajstić information content (AvgIpc) is 2.71. The van der Waals surface area contributed by atoms with Gasteiger partial charge in [0.15, 0.2) is 0 Å². The molecule has 0 amide bonds. The lowest BCUT2D eigenvalue weighted by atomic mass is 9.80. The molecule has 1 aliphatic rings. The second kappa shape index (κ2) is 4.54. The first-order valence-electron chi connectivity index (χ1n) is 6.29. The van der Waals surface area contributed by atoms with Gasteiger partial charge in [0.05, 0.1) is 0 Å². The highest BCUT2D eigenvalue weighted by Gasteiger charge is 2.37. The van der Waals surface area contributed by atoms with E-state index in [4.69, 9.17) is 0 Å². The summed E-state index contributed by atoms with van der Waals surface area (Å²) in [6.07, 6.45) is 2.56. The topological polar surface area (TPSA) is 38.0 Å². The fraction of sp³-hybridized carbons (Fsp3) is 0.643. The highest BCUT2D eigenvalue weighted by Crippen LogP contribution is 2.41. The first-order valence-corrected chi connectivity index (χ1v) is 6.29. The standard InChI is InChI=1S/C14H20N2O/c1-5-7-11-8-16-12(6-2)9(3)10(4)13(17)14(16)15-11/h8-10,12-13,17H,6H2,1-4H3/t9-,10-,12?,13?/m0/s1. The molecule has 4 atom stereocenters. The van der Waals surface area contributed by atoms with Gasteiger partial charge in [-0.25, -0.2) is 4.98 Å². The van der Waals surface area contributed by atoms with Gasteiger partial charge in [-0.15, -0.1) is 0 Å². The quantitative estimate of drug-likeness (QED) is 0.756. The van der Waals surface area contributed by atoms with Gasteiger partial charge >= 0.3 is 0 Å². The van der Waals surface area contributed by atoms with Gasteiger partial charge in [-0.1, -0.05) is 26.7 Å². The number of fused-ring (bicyclic) bond motifs is 1. The van der Waals surface area contributed by atoms with Crippen molar-refractivity contribution in [3.63, 3.8) is 0 Å². The maximum absolute atomic E-state index is 10.3. The van der Waals surface area contributed by atoms with E-state index in [-0.39, 0.29) is 5.92 Å². The summed E-state index contributed by atoms with van der Waals surface area (Å²) in [5.41, 5.74) is 0.765. The largest absolute Gasteiger partial charge is 0.385 e. The van der Waals surface area contributed by atoms with Crippen molar-refractivity contribution in [2.24, 2.45) is 11.8 Å². The SMILES string of the molecule is CC#Cc1cn2c(n1)C(O)[C@@H](C)[C@H](C)C2CC.